The molecule has 0 aliphatic rings. The summed E-state index contributed by atoms with van der Waals surface area (Å²) in [7, 11) is 0. The Morgan fingerprint density at radius 1 is 0.550 bits per heavy atom. The summed E-state index contributed by atoms with van der Waals surface area (Å²) >= 11 is 0. The van der Waals surface area contributed by atoms with Gasteiger partial charge in [-0.1, -0.05) is 147 Å². The molecule has 4 heteroatoms. The van der Waals surface area contributed by atoms with Crippen LogP contribution in [0.15, 0.2) is 140 Å². The summed E-state index contributed by atoms with van der Waals surface area (Å²) < 4.78 is 44.3. The van der Waals surface area contributed by atoms with E-state index in [1.807, 2.05) is 26.0 Å². The Kier molecular flexibility index (Phi) is 8.70. The fraction of sp³-hybridized carbons (Fsp3) is 0.250. The van der Waals surface area contributed by atoms with Crippen molar-refractivity contribution in [3.05, 3.63) is 167 Å². The van der Waals surface area contributed by atoms with Gasteiger partial charge in [0.15, 0.2) is 0 Å². The SMILES string of the molecule is [2H]c1c([2H])c([2H])c(-c2ccnc(-c3cc(-c4cccc5c4nc(-c4cc(C)cc(C)c4O)n5-c4ccc(C(C)(C)C)cc4-c4ccc(C(C)(C)C)cc4)cc(C(C)(C)C)c3)c2)c([2H])c1[2H]. The number of imidazole rings is 1. The van der Waals surface area contributed by atoms with E-state index in [2.05, 4.69) is 146 Å². The molecule has 2 heterocycles. The number of fused-ring (bicyclic) bond motifs is 1. The van der Waals surface area contributed by atoms with Crippen molar-refractivity contribution in [2.45, 2.75) is 92.4 Å². The summed E-state index contributed by atoms with van der Waals surface area (Å²) in [6.45, 7) is 23.8. The third-order valence-electron chi connectivity index (χ3n) is 11.5. The van der Waals surface area contributed by atoms with E-state index in [9.17, 15) is 5.11 Å². The fourth-order valence-electron chi connectivity index (χ4n) is 7.97. The van der Waals surface area contributed by atoms with E-state index < -0.39 is 6.04 Å². The molecular formula is C56H57N3O. The average Bonchev–Trinajstić information content (AvgIpc) is 3.64. The van der Waals surface area contributed by atoms with E-state index in [0.29, 0.717) is 22.6 Å². The first-order chi connectivity index (χ1) is 30.4. The predicted molar refractivity (Wildman–Crippen MR) is 253 cm³/mol. The van der Waals surface area contributed by atoms with Crippen LogP contribution in [0.1, 0.15) is 97.0 Å². The number of hydrogen-bond acceptors (Lipinski definition) is 3. The van der Waals surface area contributed by atoms with Gasteiger partial charge in [0.1, 0.15) is 11.6 Å². The zero-order valence-electron chi connectivity index (χ0n) is 41.7. The lowest BCUT2D eigenvalue weighted by atomic mass is 9.83. The molecule has 0 saturated heterocycles. The first-order valence-electron chi connectivity index (χ1n) is 23.2. The highest BCUT2D eigenvalue weighted by atomic mass is 16.3. The monoisotopic (exact) mass is 792 g/mol. The molecule has 0 spiro atoms. The van der Waals surface area contributed by atoms with Crippen molar-refractivity contribution in [3.63, 3.8) is 0 Å². The second-order valence-electron chi connectivity index (χ2n) is 19.2. The number of rotatable bonds is 6. The van der Waals surface area contributed by atoms with Gasteiger partial charge in [-0.2, -0.15) is 0 Å². The molecular weight excluding hydrogens is 731 g/mol. The molecule has 4 nitrogen and oxygen atoms in total. The molecule has 0 atom stereocenters. The van der Waals surface area contributed by atoms with Crippen molar-refractivity contribution >= 4 is 11.0 Å². The molecule has 60 heavy (non-hydrogen) atoms. The number of phenols is 1. The Balaban J connectivity index is 1.41. The lowest BCUT2D eigenvalue weighted by Gasteiger charge is -2.24. The molecule has 6 aromatic carbocycles. The van der Waals surface area contributed by atoms with Crippen LogP contribution < -0.4 is 0 Å². The van der Waals surface area contributed by atoms with Gasteiger partial charge < -0.3 is 5.11 Å². The summed E-state index contributed by atoms with van der Waals surface area (Å²) in [6, 6.07) is 34.0. The van der Waals surface area contributed by atoms with Gasteiger partial charge in [0.25, 0.3) is 0 Å². The molecule has 0 aliphatic carbocycles. The number of aryl methyl sites for hydroxylation is 2. The van der Waals surface area contributed by atoms with Gasteiger partial charge in [-0.15, -0.1) is 0 Å². The van der Waals surface area contributed by atoms with Crippen LogP contribution in [0.2, 0.25) is 0 Å². The molecule has 0 aliphatic heterocycles. The maximum absolute atomic E-state index is 11.9. The number of phenolic OH excluding ortho intramolecular Hbond substituents is 1. The zero-order valence-corrected chi connectivity index (χ0v) is 36.7. The topological polar surface area (TPSA) is 50.9 Å². The number of benzene rings is 6. The standard InChI is InChI=1S/C56H57N3O/c1-35-28-36(2)52(60)47(29-35)53-58-51-45(40-30-41(32-44(31-40)56(9,10)11)48-33-39(26-27-57-48)37-16-13-12-14-17-37)18-15-19-50(51)59(53)49-25-24-43(55(6,7)8)34-46(49)38-20-22-42(23-21-38)54(3,4)5/h12-34,60H,1-11H3/i12D,13D,14D,16D,17D. The first-order valence-corrected chi connectivity index (χ1v) is 20.7. The Morgan fingerprint density at radius 2 is 1.22 bits per heavy atom. The normalized spacial score (nSPS) is 13.5. The molecule has 0 amide bonds. The Bertz CT molecular complexity index is 3150. The number of aromatic hydroxyl groups is 1. The Morgan fingerprint density at radius 3 is 1.90 bits per heavy atom. The van der Waals surface area contributed by atoms with E-state index in [4.69, 9.17) is 16.8 Å². The van der Waals surface area contributed by atoms with Crippen molar-refractivity contribution in [2.75, 3.05) is 0 Å². The number of para-hydroxylation sites is 1. The van der Waals surface area contributed by atoms with Crippen LogP contribution in [0.5, 0.6) is 5.75 Å². The number of hydrogen-bond donors (Lipinski definition) is 1. The third kappa shape index (κ3) is 7.79. The molecule has 1 N–H and O–H groups in total. The van der Waals surface area contributed by atoms with Crippen LogP contribution in [0.4, 0.5) is 0 Å². The molecule has 2 aromatic heterocycles. The van der Waals surface area contributed by atoms with Gasteiger partial charge in [0, 0.05) is 22.9 Å². The van der Waals surface area contributed by atoms with Gasteiger partial charge in [-0.05, 0) is 129 Å². The maximum Gasteiger partial charge on any atom is 0.149 e. The summed E-state index contributed by atoms with van der Waals surface area (Å²) in [4.78, 5) is 10.3. The van der Waals surface area contributed by atoms with Crippen LogP contribution >= 0.6 is 0 Å². The molecule has 8 aromatic rings. The number of pyridine rings is 1. The van der Waals surface area contributed by atoms with E-state index in [-0.39, 0.29) is 51.7 Å². The summed E-state index contributed by atoms with van der Waals surface area (Å²) in [6.07, 6.45) is 1.62. The summed E-state index contributed by atoms with van der Waals surface area (Å²) in [5.41, 5.74) is 14.0. The minimum atomic E-state index is -0.430. The van der Waals surface area contributed by atoms with Crippen LogP contribution in [0, 0.1) is 13.8 Å². The van der Waals surface area contributed by atoms with Crippen LogP contribution in [0.3, 0.4) is 0 Å². The van der Waals surface area contributed by atoms with Crippen LogP contribution in [-0.4, -0.2) is 19.6 Å². The predicted octanol–water partition coefficient (Wildman–Crippen LogP) is 15.0. The second-order valence-corrected chi connectivity index (χ2v) is 19.2. The largest absolute Gasteiger partial charge is 0.507 e. The summed E-state index contributed by atoms with van der Waals surface area (Å²) in [5, 5.41) is 11.9. The quantitative estimate of drug-likeness (QED) is 0.182. The van der Waals surface area contributed by atoms with Crippen molar-refractivity contribution < 1.29 is 12.0 Å². The molecule has 302 valence electrons. The fourth-order valence-corrected chi connectivity index (χ4v) is 7.97. The minimum absolute atomic E-state index is 0.00728. The van der Waals surface area contributed by atoms with Crippen molar-refractivity contribution in [1.29, 1.82) is 0 Å². The van der Waals surface area contributed by atoms with Crippen molar-refractivity contribution in [2.24, 2.45) is 0 Å². The number of aromatic nitrogens is 3. The van der Waals surface area contributed by atoms with E-state index >= 15 is 0 Å². The average molecular weight is 793 g/mol. The van der Waals surface area contributed by atoms with Gasteiger partial charge in [-0.3, -0.25) is 9.55 Å². The van der Waals surface area contributed by atoms with Crippen molar-refractivity contribution in [3.8, 4) is 67.5 Å². The minimum Gasteiger partial charge on any atom is -0.507 e. The molecule has 0 bridgehead atoms. The Labute approximate surface area is 363 Å². The maximum atomic E-state index is 11.9. The third-order valence-corrected chi connectivity index (χ3v) is 11.5. The molecule has 8 rings (SSSR count). The highest BCUT2D eigenvalue weighted by molar-refractivity contribution is 5.98. The Hall–Kier alpha value is -6.26. The zero-order chi connectivity index (χ0) is 47.1. The van der Waals surface area contributed by atoms with E-state index in [1.54, 1.807) is 18.3 Å². The molecule has 0 saturated carbocycles. The first kappa shape index (κ1) is 34.6. The number of nitrogens with zero attached hydrogens (tertiary/aromatic N) is 3. The van der Waals surface area contributed by atoms with Gasteiger partial charge in [0.05, 0.1) is 34.8 Å². The van der Waals surface area contributed by atoms with E-state index in [0.717, 1.165) is 61.2 Å². The lowest BCUT2D eigenvalue weighted by Crippen LogP contribution is -2.12. The van der Waals surface area contributed by atoms with Gasteiger partial charge >= 0.3 is 0 Å². The molecule has 0 unspecified atom stereocenters. The molecule has 0 radical (unpaired) electrons. The second kappa shape index (κ2) is 15.1. The smallest absolute Gasteiger partial charge is 0.149 e. The summed E-state index contributed by atoms with van der Waals surface area (Å²) in [5.74, 6) is 0.797. The van der Waals surface area contributed by atoms with Crippen LogP contribution in [-0.2, 0) is 16.2 Å². The highest BCUT2D eigenvalue weighted by Gasteiger charge is 2.26. The van der Waals surface area contributed by atoms with Gasteiger partial charge in [0.2, 0.25) is 0 Å². The highest BCUT2D eigenvalue weighted by Crippen LogP contribution is 2.43. The van der Waals surface area contributed by atoms with Crippen molar-refractivity contribution in [1.82, 2.24) is 14.5 Å². The lowest BCUT2D eigenvalue weighted by molar-refractivity contribution is 0.472. The van der Waals surface area contributed by atoms with Crippen LogP contribution in [0.25, 0.3) is 72.7 Å². The van der Waals surface area contributed by atoms with E-state index in [1.165, 1.54) is 11.1 Å². The molecule has 0 fully saturated rings. The van der Waals surface area contributed by atoms with Gasteiger partial charge in [-0.25, -0.2) is 4.98 Å².